The molecule has 3 aromatic carbocycles. The van der Waals surface area contributed by atoms with Crippen LogP contribution in [0.1, 0.15) is 34.6 Å². The smallest absolute Gasteiger partial charge is 0.279 e. The third-order valence-corrected chi connectivity index (χ3v) is 7.17. The SMILES string of the molecule is Cc1ccccc1CSc1nc(=O)c2c(n1C)NC(=O)CC2c1ccc2ccccc2c1. The van der Waals surface area contributed by atoms with Crippen molar-refractivity contribution in [3.05, 3.63) is 99.3 Å². The molecule has 0 bridgehead atoms. The summed E-state index contributed by atoms with van der Waals surface area (Å²) in [5, 5.41) is 5.74. The van der Waals surface area contributed by atoms with Crippen LogP contribution in [-0.2, 0) is 17.6 Å². The van der Waals surface area contributed by atoms with E-state index in [1.54, 1.807) is 0 Å². The summed E-state index contributed by atoms with van der Waals surface area (Å²) < 4.78 is 1.84. The maximum atomic E-state index is 13.2. The van der Waals surface area contributed by atoms with E-state index in [1.165, 1.54) is 22.9 Å². The zero-order valence-corrected chi connectivity index (χ0v) is 18.8. The number of nitrogens with zero attached hydrogens (tertiary/aromatic N) is 2. The molecule has 0 saturated carbocycles. The van der Waals surface area contributed by atoms with Gasteiger partial charge in [0, 0.05) is 25.1 Å². The summed E-state index contributed by atoms with van der Waals surface area (Å²) in [6.07, 6.45) is 0.234. The Hall–Kier alpha value is -3.38. The number of aromatic nitrogens is 2. The Morgan fingerprint density at radius 3 is 2.59 bits per heavy atom. The Morgan fingerprint density at radius 1 is 1.03 bits per heavy atom. The molecule has 1 aliphatic rings. The van der Waals surface area contributed by atoms with Crippen LogP contribution in [0.5, 0.6) is 0 Å². The molecule has 6 heteroatoms. The first-order valence-electron chi connectivity index (χ1n) is 10.6. The molecule has 1 aliphatic heterocycles. The lowest BCUT2D eigenvalue weighted by Crippen LogP contribution is -2.33. The highest BCUT2D eigenvalue weighted by molar-refractivity contribution is 7.98. The summed E-state index contributed by atoms with van der Waals surface area (Å²) in [5.74, 6) is 0.844. The van der Waals surface area contributed by atoms with Gasteiger partial charge in [-0.1, -0.05) is 78.5 Å². The number of nitrogens with one attached hydrogen (secondary N) is 1. The largest absolute Gasteiger partial charge is 0.312 e. The van der Waals surface area contributed by atoms with Gasteiger partial charge in [-0.2, -0.15) is 4.98 Å². The molecule has 1 amide bonds. The molecule has 1 N–H and O–H groups in total. The number of fused-ring (bicyclic) bond motifs is 2. The number of aryl methyl sites for hydroxylation is 1. The van der Waals surface area contributed by atoms with Gasteiger partial charge in [0.2, 0.25) is 5.91 Å². The maximum absolute atomic E-state index is 13.2. The summed E-state index contributed by atoms with van der Waals surface area (Å²) in [5.41, 5.74) is 3.64. The summed E-state index contributed by atoms with van der Waals surface area (Å²) in [6, 6.07) is 22.4. The predicted molar refractivity (Wildman–Crippen MR) is 129 cm³/mol. The van der Waals surface area contributed by atoms with E-state index >= 15 is 0 Å². The highest BCUT2D eigenvalue weighted by Gasteiger charge is 2.32. The number of benzene rings is 3. The normalized spacial score (nSPS) is 15.4. The molecule has 5 rings (SSSR count). The van der Waals surface area contributed by atoms with Crippen molar-refractivity contribution >= 4 is 34.3 Å². The van der Waals surface area contributed by atoms with Gasteiger partial charge in [-0.05, 0) is 34.4 Å². The second kappa shape index (κ2) is 8.28. The first-order valence-corrected chi connectivity index (χ1v) is 11.6. The number of carbonyl (C=O) groups excluding carboxylic acids is 1. The third-order valence-electron chi connectivity index (χ3n) is 6.09. The van der Waals surface area contributed by atoms with Gasteiger partial charge in [-0.3, -0.25) is 9.59 Å². The molecule has 32 heavy (non-hydrogen) atoms. The standard InChI is InChI=1S/C26H23N3O2S/c1-16-7-3-4-10-20(16)15-32-26-28-25(31)23-21(14-22(30)27-24(23)29(26)2)19-12-11-17-8-5-6-9-18(17)13-19/h3-13,21H,14-15H2,1-2H3,(H,27,30). The lowest BCUT2D eigenvalue weighted by Gasteiger charge is -2.27. The van der Waals surface area contributed by atoms with E-state index in [1.807, 2.05) is 54.1 Å². The van der Waals surface area contributed by atoms with Crippen LogP contribution in [0.15, 0.2) is 76.7 Å². The molecule has 1 unspecified atom stereocenters. The average molecular weight is 442 g/mol. The van der Waals surface area contributed by atoms with Gasteiger partial charge in [-0.15, -0.1) is 0 Å². The fraction of sp³-hybridized carbons (Fsp3) is 0.192. The second-order valence-electron chi connectivity index (χ2n) is 8.15. The zero-order chi connectivity index (χ0) is 22.2. The molecule has 160 valence electrons. The Labute approximate surface area is 190 Å². The number of carbonyl (C=O) groups is 1. The molecule has 0 saturated heterocycles. The Morgan fingerprint density at radius 2 is 1.78 bits per heavy atom. The Kier molecular flexibility index (Phi) is 5.31. The van der Waals surface area contributed by atoms with Crippen LogP contribution in [-0.4, -0.2) is 15.5 Å². The maximum Gasteiger partial charge on any atom is 0.279 e. The zero-order valence-electron chi connectivity index (χ0n) is 18.0. The number of rotatable bonds is 4. The van der Waals surface area contributed by atoms with Gasteiger partial charge in [0.15, 0.2) is 5.16 Å². The second-order valence-corrected chi connectivity index (χ2v) is 9.09. The number of hydrogen-bond acceptors (Lipinski definition) is 4. The molecule has 0 aliphatic carbocycles. The summed E-state index contributed by atoms with van der Waals surface area (Å²) in [4.78, 5) is 30.2. The highest BCUT2D eigenvalue weighted by Crippen LogP contribution is 2.37. The predicted octanol–water partition coefficient (Wildman–Crippen LogP) is 5.01. The minimum atomic E-state index is -0.315. The molecule has 0 spiro atoms. The fourth-order valence-corrected chi connectivity index (χ4v) is 5.33. The number of amides is 1. The molecular weight excluding hydrogens is 418 g/mol. The molecule has 1 aromatic heterocycles. The number of anilines is 1. The van der Waals surface area contributed by atoms with E-state index in [0.29, 0.717) is 22.3 Å². The van der Waals surface area contributed by atoms with Gasteiger partial charge < -0.3 is 9.88 Å². The minimum absolute atomic E-state index is 0.0910. The van der Waals surface area contributed by atoms with Crippen molar-refractivity contribution in [1.82, 2.24) is 9.55 Å². The summed E-state index contributed by atoms with van der Waals surface area (Å²) in [6.45, 7) is 2.07. The van der Waals surface area contributed by atoms with Crippen molar-refractivity contribution in [3.8, 4) is 0 Å². The van der Waals surface area contributed by atoms with Crippen molar-refractivity contribution in [2.45, 2.75) is 30.2 Å². The summed E-state index contributed by atoms with van der Waals surface area (Å²) in [7, 11) is 1.86. The van der Waals surface area contributed by atoms with Gasteiger partial charge in [0.25, 0.3) is 5.56 Å². The van der Waals surface area contributed by atoms with Crippen LogP contribution >= 0.6 is 11.8 Å². The van der Waals surface area contributed by atoms with E-state index in [9.17, 15) is 9.59 Å². The molecule has 2 heterocycles. The van der Waals surface area contributed by atoms with Crippen molar-refractivity contribution < 1.29 is 4.79 Å². The molecular formula is C26H23N3O2S. The van der Waals surface area contributed by atoms with Gasteiger partial charge in [-0.25, -0.2) is 0 Å². The van der Waals surface area contributed by atoms with Crippen LogP contribution in [0, 0.1) is 6.92 Å². The van der Waals surface area contributed by atoms with Crippen LogP contribution < -0.4 is 10.9 Å². The van der Waals surface area contributed by atoms with Crippen LogP contribution in [0.2, 0.25) is 0 Å². The monoisotopic (exact) mass is 441 g/mol. The van der Waals surface area contributed by atoms with E-state index in [-0.39, 0.29) is 23.8 Å². The molecule has 1 atom stereocenters. The lowest BCUT2D eigenvalue weighted by atomic mass is 9.86. The Bertz CT molecular complexity index is 1410. The van der Waals surface area contributed by atoms with Crippen molar-refractivity contribution in [3.63, 3.8) is 0 Å². The molecule has 0 radical (unpaired) electrons. The highest BCUT2D eigenvalue weighted by atomic mass is 32.2. The van der Waals surface area contributed by atoms with Gasteiger partial charge >= 0.3 is 0 Å². The van der Waals surface area contributed by atoms with Gasteiger partial charge in [0.1, 0.15) is 5.82 Å². The first kappa shape index (κ1) is 20.5. The van der Waals surface area contributed by atoms with Gasteiger partial charge in [0.05, 0.1) is 5.56 Å². The van der Waals surface area contributed by atoms with Crippen LogP contribution in [0.25, 0.3) is 10.8 Å². The third kappa shape index (κ3) is 3.71. The van der Waals surface area contributed by atoms with Crippen LogP contribution in [0.3, 0.4) is 0 Å². The molecule has 4 aromatic rings. The Balaban J connectivity index is 1.55. The molecule has 0 fully saturated rings. The van der Waals surface area contributed by atoms with Crippen molar-refractivity contribution in [2.24, 2.45) is 7.05 Å². The average Bonchev–Trinajstić information content (AvgIpc) is 2.80. The van der Waals surface area contributed by atoms with E-state index in [2.05, 4.69) is 41.5 Å². The minimum Gasteiger partial charge on any atom is -0.312 e. The fourth-order valence-electron chi connectivity index (χ4n) is 4.29. The van der Waals surface area contributed by atoms with Crippen molar-refractivity contribution in [2.75, 3.05) is 5.32 Å². The number of hydrogen-bond donors (Lipinski definition) is 1. The van der Waals surface area contributed by atoms with E-state index in [4.69, 9.17) is 0 Å². The molecule has 5 nitrogen and oxygen atoms in total. The first-order chi connectivity index (χ1) is 15.5. The topological polar surface area (TPSA) is 64.0 Å². The quantitative estimate of drug-likeness (QED) is 0.357. The summed E-state index contributed by atoms with van der Waals surface area (Å²) >= 11 is 1.50. The van der Waals surface area contributed by atoms with E-state index < -0.39 is 0 Å². The van der Waals surface area contributed by atoms with Crippen LogP contribution in [0.4, 0.5) is 5.82 Å². The number of thioether (sulfide) groups is 1. The van der Waals surface area contributed by atoms with Crippen molar-refractivity contribution in [1.29, 1.82) is 0 Å². The lowest BCUT2D eigenvalue weighted by molar-refractivity contribution is -0.116. The van der Waals surface area contributed by atoms with E-state index in [0.717, 1.165) is 16.3 Å².